The van der Waals surface area contributed by atoms with E-state index in [9.17, 15) is 4.79 Å². The Bertz CT molecular complexity index is 700. The molecule has 1 heterocycles. The van der Waals surface area contributed by atoms with Crippen LogP contribution in [0.15, 0.2) is 42.5 Å². The Labute approximate surface area is 135 Å². The molecular weight excluding hydrogens is 294 g/mol. The number of esters is 1. The highest BCUT2D eigenvalue weighted by atomic mass is 16.5. The van der Waals surface area contributed by atoms with E-state index in [2.05, 4.69) is 17.0 Å². The van der Waals surface area contributed by atoms with E-state index >= 15 is 0 Å². The number of hydrogen-bond acceptors (Lipinski definition) is 5. The molecule has 0 bridgehead atoms. The minimum Gasteiger partial charge on any atom is -0.493 e. The summed E-state index contributed by atoms with van der Waals surface area (Å²) in [7, 11) is 2.93. The number of methoxy groups -OCH3 is 2. The van der Waals surface area contributed by atoms with Gasteiger partial charge in [-0.25, -0.2) is 4.79 Å². The number of fused-ring (bicyclic) bond motifs is 1. The van der Waals surface area contributed by atoms with Gasteiger partial charge in [0.1, 0.15) is 6.73 Å². The first-order chi connectivity index (χ1) is 11.2. The van der Waals surface area contributed by atoms with Gasteiger partial charge in [-0.2, -0.15) is 0 Å². The van der Waals surface area contributed by atoms with Crippen molar-refractivity contribution in [1.82, 2.24) is 4.90 Å². The highest BCUT2D eigenvalue weighted by Crippen LogP contribution is 2.36. The maximum absolute atomic E-state index is 11.8. The quantitative estimate of drug-likeness (QED) is 0.812. The zero-order chi connectivity index (χ0) is 16.2. The molecule has 23 heavy (non-hydrogen) atoms. The van der Waals surface area contributed by atoms with Crippen LogP contribution >= 0.6 is 0 Å². The zero-order valence-electron chi connectivity index (χ0n) is 13.2. The van der Waals surface area contributed by atoms with Crippen molar-refractivity contribution in [1.29, 1.82) is 0 Å². The standard InChI is InChI=1S/C18H19NO4/c1-21-16-9-14(18(20)22-2)8-15-11-19(12-23-17(15)16)10-13-6-4-3-5-7-13/h3-9H,10-12H2,1-2H3. The molecular formula is C18H19NO4. The minimum atomic E-state index is -0.383. The Kier molecular flexibility index (Phi) is 4.48. The Morgan fingerprint density at radius 1 is 1.22 bits per heavy atom. The average Bonchev–Trinajstić information content (AvgIpc) is 2.60. The molecule has 120 valence electrons. The van der Waals surface area contributed by atoms with Crippen molar-refractivity contribution in [2.75, 3.05) is 21.0 Å². The molecule has 0 amide bonds. The number of carbonyl (C=O) groups excluding carboxylic acids is 1. The first kappa shape index (κ1) is 15.4. The van der Waals surface area contributed by atoms with Gasteiger partial charge in [0.15, 0.2) is 11.5 Å². The molecule has 0 N–H and O–H groups in total. The second kappa shape index (κ2) is 6.71. The molecule has 0 saturated heterocycles. The van der Waals surface area contributed by atoms with Gasteiger partial charge in [0, 0.05) is 18.7 Å². The van der Waals surface area contributed by atoms with Crippen LogP contribution in [0.5, 0.6) is 11.5 Å². The molecule has 0 fully saturated rings. The molecule has 5 nitrogen and oxygen atoms in total. The fourth-order valence-corrected chi connectivity index (χ4v) is 2.71. The van der Waals surface area contributed by atoms with Crippen molar-refractivity contribution in [3.63, 3.8) is 0 Å². The van der Waals surface area contributed by atoms with Gasteiger partial charge in [-0.05, 0) is 17.7 Å². The Morgan fingerprint density at radius 2 is 2.00 bits per heavy atom. The molecule has 1 aliphatic heterocycles. The summed E-state index contributed by atoms with van der Waals surface area (Å²) < 4.78 is 16.0. The third kappa shape index (κ3) is 3.29. The molecule has 0 radical (unpaired) electrons. The Morgan fingerprint density at radius 3 is 2.70 bits per heavy atom. The van der Waals surface area contributed by atoms with E-state index in [1.807, 2.05) is 18.2 Å². The fraction of sp³-hybridized carbons (Fsp3) is 0.278. The summed E-state index contributed by atoms with van der Waals surface area (Å²) in [5.41, 5.74) is 2.61. The van der Waals surface area contributed by atoms with Crippen LogP contribution in [0.2, 0.25) is 0 Å². The van der Waals surface area contributed by atoms with Gasteiger partial charge in [-0.1, -0.05) is 30.3 Å². The average molecular weight is 313 g/mol. The van der Waals surface area contributed by atoms with Gasteiger partial charge < -0.3 is 14.2 Å². The second-order valence-electron chi connectivity index (χ2n) is 5.40. The maximum atomic E-state index is 11.8. The summed E-state index contributed by atoms with van der Waals surface area (Å²) in [6.07, 6.45) is 0. The van der Waals surface area contributed by atoms with Crippen molar-refractivity contribution in [2.45, 2.75) is 13.1 Å². The van der Waals surface area contributed by atoms with Crippen LogP contribution in [0, 0.1) is 0 Å². The van der Waals surface area contributed by atoms with Crippen LogP contribution in [-0.4, -0.2) is 31.8 Å². The normalized spacial score (nSPS) is 13.8. The number of ether oxygens (including phenoxy) is 3. The van der Waals surface area contributed by atoms with Crippen LogP contribution in [0.4, 0.5) is 0 Å². The summed E-state index contributed by atoms with van der Waals surface area (Å²) in [5, 5.41) is 0. The Hall–Kier alpha value is -2.53. The van der Waals surface area contributed by atoms with E-state index in [0.29, 0.717) is 30.3 Å². The van der Waals surface area contributed by atoms with E-state index in [1.165, 1.54) is 12.7 Å². The van der Waals surface area contributed by atoms with Crippen molar-refractivity contribution >= 4 is 5.97 Å². The molecule has 0 spiro atoms. The number of carbonyl (C=O) groups is 1. The number of benzene rings is 2. The summed E-state index contributed by atoms with van der Waals surface area (Å²) in [5.74, 6) is 0.873. The molecule has 5 heteroatoms. The summed E-state index contributed by atoms with van der Waals surface area (Å²) in [4.78, 5) is 14.0. The van der Waals surface area contributed by atoms with Gasteiger partial charge in [0.2, 0.25) is 0 Å². The molecule has 0 saturated carbocycles. The predicted octanol–water partition coefficient (Wildman–Crippen LogP) is 2.83. The van der Waals surface area contributed by atoms with Gasteiger partial charge >= 0.3 is 5.97 Å². The van der Waals surface area contributed by atoms with Gasteiger partial charge in [-0.3, -0.25) is 4.90 Å². The van der Waals surface area contributed by atoms with Crippen LogP contribution in [0.25, 0.3) is 0 Å². The van der Waals surface area contributed by atoms with E-state index in [4.69, 9.17) is 14.2 Å². The predicted molar refractivity (Wildman–Crippen MR) is 85.5 cm³/mol. The highest BCUT2D eigenvalue weighted by Gasteiger charge is 2.23. The number of rotatable bonds is 4. The lowest BCUT2D eigenvalue weighted by Crippen LogP contribution is -2.31. The van der Waals surface area contributed by atoms with Gasteiger partial charge in [-0.15, -0.1) is 0 Å². The smallest absolute Gasteiger partial charge is 0.337 e. The van der Waals surface area contributed by atoms with Gasteiger partial charge in [0.05, 0.1) is 19.8 Å². The maximum Gasteiger partial charge on any atom is 0.337 e. The molecule has 0 aromatic heterocycles. The third-order valence-electron chi connectivity index (χ3n) is 3.81. The van der Waals surface area contributed by atoms with E-state index in [-0.39, 0.29) is 5.97 Å². The first-order valence-electron chi connectivity index (χ1n) is 7.39. The lowest BCUT2D eigenvalue weighted by molar-refractivity contribution is 0.0597. The van der Waals surface area contributed by atoms with Crippen LogP contribution in [-0.2, 0) is 17.8 Å². The molecule has 0 aliphatic carbocycles. The SMILES string of the molecule is COC(=O)c1cc2c(c(OC)c1)OCN(Cc1ccccc1)C2. The molecule has 0 atom stereocenters. The molecule has 1 aliphatic rings. The number of hydrogen-bond donors (Lipinski definition) is 0. The molecule has 0 unspecified atom stereocenters. The minimum absolute atomic E-state index is 0.383. The third-order valence-corrected chi connectivity index (χ3v) is 3.81. The van der Waals surface area contributed by atoms with Crippen LogP contribution < -0.4 is 9.47 Å². The lowest BCUT2D eigenvalue weighted by Gasteiger charge is -2.30. The van der Waals surface area contributed by atoms with E-state index < -0.39 is 0 Å². The van der Waals surface area contributed by atoms with Crippen molar-refractivity contribution in [3.8, 4) is 11.5 Å². The molecule has 3 rings (SSSR count). The summed E-state index contributed by atoms with van der Waals surface area (Å²) in [6.45, 7) is 1.95. The summed E-state index contributed by atoms with van der Waals surface area (Å²) >= 11 is 0. The van der Waals surface area contributed by atoms with Crippen molar-refractivity contribution < 1.29 is 19.0 Å². The van der Waals surface area contributed by atoms with Crippen molar-refractivity contribution in [2.24, 2.45) is 0 Å². The van der Waals surface area contributed by atoms with Crippen LogP contribution in [0.1, 0.15) is 21.5 Å². The zero-order valence-corrected chi connectivity index (χ0v) is 13.2. The monoisotopic (exact) mass is 313 g/mol. The summed E-state index contributed by atoms with van der Waals surface area (Å²) in [6, 6.07) is 13.7. The number of nitrogens with zero attached hydrogens (tertiary/aromatic N) is 1. The topological polar surface area (TPSA) is 48.0 Å². The second-order valence-corrected chi connectivity index (χ2v) is 5.40. The van der Waals surface area contributed by atoms with Crippen LogP contribution in [0.3, 0.4) is 0 Å². The largest absolute Gasteiger partial charge is 0.493 e. The lowest BCUT2D eigenvalue weighted by atomic mass is 10.1. The first-order valence-corrected chi connectivity index (χ1v) is 7.39. The van der Waals surface area contributed by atoms with E-state index in [1.54, 1.807) is 19.2 Å². The van der Waals surface area contributed by atoms with Crippen molar-refractivity contribution in [3.05, 3.63) is 59.2 Å². The molecule has 2 aromatic carbocycles. The highest BCUT2D eigenvalue weighted by molar-refractivity contribution is 5.90. The fourth-order valence-electron chi connectivity index (χ4n) is 2.71. The van der Waals surface area contributed by atoms with E-state index in [0.717, 1.165) is 12.1 Å². The molecule has 2 aromatic rings. The van der Waals surface area contributed by atoms with Gasteiger partial charge in [0.25, 0.3) is 0 Å². The Balaban J connectivity index is 1.85.